The average molecular weight is 441 g/mol. The van der Waals surface area contributed by atoms with Gasteiger partial charge in [-0.15, -0.1) is 4.40 Å². The van der Waals surface area contributed by atoms with E-state index in [2.05, 4.69) is 45.8 Å². The molecular formula is C23H28N4O3S. The van der Waals surface area contributed by atoms with Gasteiger partial charge in [0.25, 0.3) is 10.0 Å². The molecular weight excluding hydrogens is 412 g/mol. The van der Waals surface area contributed by atoms with Gasteiger partial charge in [0.15, 0.2) is 5.84 Å². The van der Waals surface area contributed by atoms with E-state index in [4.69, 9.17) is 0 Å². The van der Waals surface area contributed by atoms with Gasteiger partial charge < -0.3 is 10.2 Å². The third-order valence-corrected chi connectivity index (χ3v) is 7.12. The smallest absolute Gasteiger partial charge is 0.285 e. The fourth-order valence-corrected chi connectivity index (χ4v) is 5.48. The molecule has 2 aromatic carbocycles. The van der Waals surface area contributed by atoms with Gasteiger partial charge in [-0.1, -0.05) is 42.0 Å². The third kappa shape index (κ3) is 4.97. The summed E-state index contributed by atoms with van der Waals surface area (Å²) in [6.45, 7) is 4.97. The lowest BCUT2D eigenvalue weighted by atomic mass is 10.0. The maximum atomic E-state index is 12.6. The Morgan fingerprint density at radius 1 is 1.16 bits per heavy atom. The summed E-state index contributed by atoms with van der Waals surface area (Å²) < 4.78 is 28.3. The minimum absolute atomic E-state index is 0.0617. The molecule has 8 heteroatoms. The van der Waals surface area contributed by atoms with Crippen LogP contribution in [0.25, 0.3) is 0 Å². The van der Waals surface area contributed by atoms with Crippen LogP contribution in [-0.4, -0.2) is 62.7 Å². The zero-order valence-corrected chi connectivity index (χ0v) is 18.7. The van der Waals surface area contributed by atoms with Crippen LogP contribution in [0.1, 0.15) is 29.5 Å². The fourth-order valence-electron chi connectivity index (χ4n) is 4.23. The highest BCUT2D eigenvalue weighted by Gasteiger charge is 2.31. The Bertz CT molecular complexity index is 1110. The SMILES string of the molecule is Cc1cccc(CN2CCC(NC(=O)CN(C)C3=NS(=O)(=O)c4ccccc43)CC2)c1. The molecule has 0 spiro atoms. The van der Waals surface area contributed by atoms with Crippen molar-refractivity contribution in [2.75, 3.05) is 26.7 Å². The van der Waals surface area contributed by atoms with Gasteiger partial charge >= 0.3 is 0 Å². The molecule has 4 rings (SSSR count). The Morgan fingerprint density at radius 3 is 2.65 bits per heavy atom. The lowest BCUT2D eigenvalue weighted by molar-refractivity contribution is -0.122. The second kappa shape index (κ2) is 8.80. The van der Waals surface area contributed by atoms with Crippen LogP contribution >= 0.6 is 0 Å². The molecule has 0 radical (unpaired) electrons. The zero-order chi connectivity index (χ0) is 22.0. The number of benzene rings is 2. The van der Waals surface area contributed by atoms with Crippen molar-refractivity contribution in [3.8, 4) is 0 Å². The van der Waals surface area contributed by atoms with Crippen molar-refractivity contribution < 1.29 is 13.2 Å². The van der Waals surface area contributed by atoms with E-state index in [0.717, 1.165) is 32.5 Å². The van der Waals surface area contributed by atoms with Crippen LogP contribution in [-0.2, 0) is 21.4 Å². The summed E-state index contributed by atoms with van der Waals surface area (Å²) in [7, 11) is -1.99. The van der Waals surface area contributed by atoms with Crippen LogP contribution in [0.2, 0.25) is 0 Å². The Hall–Kier alpha value is -2.71. The number of carbonyl (C=O) groups excluding carboxylic acids is 1. The van der Waals surface area contributed by atoms with Crippen molar-refractivity contribution in [2.45, 2.75) is 37.2 Å². The molecule has 2 aliphatic rings. The van der Waals surface area contributed by atoms with Gasteiger partial charge in [-0.25, -0.2) is 0 Å². The van der Waals surface area contributed by atoms with Crippen LogP contribution in [0.3, 0.4) is 0 Å². The normalized spacial score (nSPS) is 18.3. The average Bonchev–Trinajstić information content (AvgIpc) is 3.01. The van der Waals surface area contributed by atoms with Crippen LogP contribution in [0.4, 0.5) is 0 Å². The molecule has 0 unspecified atom stereocenters. The highest BCUT2D eigenvalue weighted by atomic mass is 32.2. The molecule has 1 amide bonds. The van der Waals surface area contributed by atoms with Crippen molar-refractivity contribution in [1.29, 1.82) is 0 Å². The molecule has 2 aliphatic heterocycles. The molecule has 0 atom stereocenters. The van der Waals surface area contributed by atoms with Gasteiger partial charge in [-0.2, -0.15) is 8.42 Å². The van der Waals surface area contributed by atoms with E-state index in [1.54, 1.807) is 36.2 Å². The maximum absolute atomic E-state index is 12.6. The summed E-state index contributed by atoms with van der Waals surface area (Å²) >= 11 is 0. The van der Waals surface area contributed by atoms with Crippen LogP contribution in [0, 0.1) is 6.92 Å². The highest BCUT2D eigenvalue weighted by Crippen LogP contribution is 2.26. The number of nitrogens with zero attached hydrogens (tertiary/aromatic N) is 3. The first-order chi connectivity index (χ1) is 14.8. The van der Waals surface area contributed by atoms with Crippen molar-refractivity contribution >= 4 is 21.8 Å². The van der Waals surface area contributed by atoms with Crippen molar-refractivity contribution in [1.82, 2.24) is 15.1 Å². The number of likely N-dealkylation sites (tertiary alicyclic amines) is 1. The number of likely N-dealkylation sites (N-methyl/N-ethyl adjacent to an activating group) is 1. The quantitative estimate of drug-likeness (QED) is 0.771. The second-order valence-corrected chi connectivity index (χ2v) is 9.92. The van der Waals surface area contributed by atoms with Crippen LogP contribution < -0.4 is 5.32 Å². The summed E-state index contributed by atoms with van der Waals surface area (Å²) in [5, 5.41) is 3.10. The summed E-state index contributed by atoms with van der Waals surface area (Å²) in [6, 6.07) is 15.4. The minimum Gasteiger partial charge on any atom is -0.352 e. The number of carbonyl (C=O) groups is 1. The molecule has 2 heterocycles. The van der Waals surface area contributed by atoms with E-state index < -0.39 is 10.0 Å². The number of hydrogen-bond acceptors (Lipinski definition) is 5. The van der Waals surface area contributed by atoms with E-state index >= 15 is 0 Å². The number of fused-ring (bicyclic) bond motifs is 1. The van der Waals surface area contributed by atoms with E-state index in [-0.39, 0.29) is 23.4 Å². The predicted octanol–water partition coefficient (Wildman–Crippen LogP) is 2.16. The van der Waals surface area contributed by atoms with Crippen molar-refractivity contribution in [3.63, 3.8) is 0 Å². The second-order valence-electron chi connectivity index (χ2n) is 8.35. The largest absolute Gasteiger partial charge is 0.352 e. The minimum atomic E-state index is -3.69. The Kier molecular flexibility index (Phi) is 6.11. The van der Waals surface area contributed by atoms with E-state index in [1.165, 1.54) is 11.1 Å². The lowest BCUT2D eigenvalue weighted by Crippen LogP contribution is -2.47. The number of rotatable bonds is 5. The van der Waals surface area contributed by atoms with E-state index in [0.29, 0.717) is 11.4 Å². The van der Waals surface area contributed by atoms with Crippen LogP contribution in [0.5, 0.6) is 0 Å². The number of nitrogens with one attached hydrogen (secondary N) is 1. The number of amides is 1. The molecule has 7 nitrogen and oxygen atoms in total. The van der Waals surface area contributed by atoms with Gasteiger partial charge in [-0.3, -0.25) is 9.69 Å². The Balaban J connectivity index is 1.28. The van der Waals surface area contributed by atoms with E-state index in [9.17, 15) is 13.2 Å². The molecule has 1 saturated heterocycles. The van der Waals surface area contributed by atoms with Crippen molar-refractivity contribution in [3.05, 3.63) is 65.2 Å². The molecule has 1 N–H and O–H groups in total. The Morgan fingerprint density at radius 2 is 1.90 bits per heavy atom. The molecule has 164 valence electrons. The van der Waals surface area contributed by atoms with Crippen LogP contribution in [0.15, 0.2) is 57.8 Å². The predicted molar refractivity (Wildman–Crippen MR) is 120 cm³/mol. The molecule has 0 saturated carbocycles. The van der Waals surface area contributed by atoms with Gasteiger partial charge in [0.05, 0.1) is 6.54 Å². The molecule has 2 aromatic rings. The topological polar surface area (TPSA) is 82.1 Å². The standard InChI is InChI=1S/C23H28N4O3S/c1-17-6-5-7-18(14-17)15-27-12-10-19(11-13-27)24-22(28)16-26(2)23-20-8-3-4-9-21(20)31(29,30)25-23/h3-9,14,19H,10-13,15-16H2,1-2H3,(H,24,28). The Labute approximate surface area is 183 Å². The molecule has 0 bridgehead atoms. The monoisotopic (exact) mass is 440 g/mol. The van der Waals surface area contributed by atoms with Gasteiger partial charge in [0.2, 0.25) is 5.91 Å². The van der Waals surface area contributed by atoms with E-state index in [1.807, 2.05) is 0 Å². The summed E-state index contributed by atoms with van der Waals surface area (Å²) in [6.07, 6.45) is 1.80. The third-order valence-electron chi connectivity index (χ3n) is 5.80. The lowest BCUT2D eigenvalue weighted by Gasteiger charge is -2.32. The zero-order valence-electron chi connectivity index (χ0n) is 17.9. The number of piperidine rings is 1. The number of aryl methyl sites for hydroxylation is 1. The summed E-state index contributed by atoms with van der Waals surface area (Å²) in [5.74, 6) is 0.197. The van der Waals surface area contributed by atoms with Crippen molar-refractivity contribution in [2.24, 2.45) is 4.40 Å². The highest BCUT2D eigenvalue weighted by molar-refractivity contribution is 7.90. The molecule has 31 heavy (non-hydrogen) atoms. The number of sulfonamides is 1. The summed E-state index contributed by atoms with van der Waals surface area (Å²) in [4.78, 5) is 16.8. The first-order valence-electron chi connectivity index (χ1n) is 10.5. The summed E-state index contributed by atoms with van der Waals surface area (Å²) in [5.41, 5.74) is 3.13. The molecule has 0 aliphatic carbocycles. The molecule has 0 aromatic heterocycles. The maximum Gasteiger partial charge on any atom is 0.285 e. The fraction of sp³-hybridized carbons (Fsp3) is 0.391. The first kappa shape index (κ1) is 21.5. The van der Waals surface area contributed by atoms with Gasteiger partial charge in [0, 0.05) is 38.3 Å². The molecule has 1 fully saturated rings. The number of hydrogen-bond donors (Lipinski definition) is 1. The first-order valence-corrected chi connectivity index (χ1v) is 12.0. The number of amidine groups is 1. The van der Waals surface area contributed by atoms with Gasteiger partial charge in [0.1, 0.15) is 4.90 Å². The van der Waals surface area contributed by atoms with Gasteiger partial charge in [-0.05, 0) is 37.5 Å².